The van der Waals surface area contributed by atoms with Crippen molar-refractivity contribution in [3.05, 3.63) is 0 Å². The highest BCUT2D eigenvalue weighted by Gasteiger charge is 2.28. The number of hydrogen-bond acceptors (Lipinski definition) is 2. The van der Waals surface area contributed by atoms with Crippen molar-refractivity contribution >= 4 is 5.97 Å². The monoisotopic (exact) mass is 153 g/mol. The molecule has 3 nitrogen and oxygen atoms in total. The molecule has 0 aliphatic carbocycles. The van der Waals surface area contributed by atoms with Crippen molar-refractivity contribution in [3.8, 4) is 12.0 Å². The number of carbonyl (C=O) groups is 1. The molecule has 3 heteroatoms. The van der Waals surface area contributed by atoms with Crippen LogP contribution in [0.2, 0.25) is 0 Å². The van der Waals surface area contributed by atoms with E-state index in [9.17, 15) is 4.79 Å². The van der Waals surface area contributed by atoms with Crippen LogP contribution in [0.3, 0.4) is 0 Å². The normalized spacial score (nSPS) is 22.6. The molecule has 0 radical (unpaired) electrons. The predicted octanol–water partition coefficient (Wildman–Crippen LogP) is 0.516. The van der Waals surface area contributed by atoms with Gasteiger partial charge in [0.15, 0.2) is 0 Å². The molecule has 1 atom stereocenters. The first-order valence-corrected chi connectivity index (χ1v) is 3.67. The number of likely N-dealkylation sites (tertiary alicyclic amines) is 1. The molecule has 1 N–H and O–H groups in total. The van der Waals surface area contributed by atoms with Crippen LogP contribution >= 0.6 is 0 Å². The summed E-state index contributed by atoms with van der Waals surface area (Å²) in [6.45, 7) is 2.51. The van der Waals surface area contributed by atoms with Crippen LogP contribution in [0.15, 0.2) is 0 Å². The largest absolute Gasteiger partial charge is 0.480 e. The Morgan fingerprint density at radius 2 is 2.45 bits per heavy atom. The van der Waals surface area contributed by atoms with Crippen molar-refractivity contribution < 1.29 is 9.90 Å². The van der Waals surface area contributed by atoms with E-state index in [1.807, 2.05) is 0 Å². The van der Waals surface area contributed by atoms with Gasteiger partial charge in [0.1, 0.15) is 6.04 Å². The number of rotatable bonds is 1. The van der Waals surface area contributed by atoms with Crippen molar-refractivity contribution in [2.75, 3.05) is 6.54 Å². The van der Waals surface area contributed by atoms with Crippen LogP contribution in [0, 0.1) is 12.0 Å². The van der Waals surface area contributed by atoms with Gasteiger partial charge in [-0.3, -0.25) is 0 Å². The van der Waals surface area contributed by atoms with Gasteiger partial charge in [-0.25, -0.2) is 4.79 Å². The predicted molar refractivity (Wildman–Crippen MR) is 40.8 cm³/mol. The Labute approximate surface area is 66.0 Å². The van der Waals surface area contributed by atoms with Crippen molar-refractivity contribution in [1.82, 2.24) is 4.90 Å². The highest BCUT2D eigenvalue weighted by Crippen LogP contribution is 2.15. The fraction of sp³-hybridized carbons (Fsp3) is 0.625. The molecule has 1 fully saturated rings. The van der Waals surface area contributed by atoms with Gasteiger partial charge in [0.25, 0.3) is 0 Å². The minimum Gasteiger partial charge on any atom is -0.480 e. The van der Waals surface area contributed by atoms with Gasteiger partial charge < -0.3 is 10.0 Å². The van der Waals surface area contributed by atoms with Crippen molar-refractivity contribution in [2.45, 2.75) is 25.8 Å². The number of nitrogens with zero attached hydrogens (tertiary/aromatic N) is 1. The van der Waals surface area contributed by atoms with Crippen molar-refractivity contribution in [1.29, 1.82) is 0 Å². The summed E-state index contributed by atoms with van der Waals surface area (Å²) in [6, 6.07) is 2.41. The van der Waals surface area contributed by atoms with E-state index in [0.717, 1.165) is 19.4 Å². The zero-order valence-corrected chi connectivity index (χ0v) is 6.50. The van der Waals surface area contributed by atoms with Gasteiger partial charge in [-0.15, -0.1) is 0 Å². The minimum absolute atomic E-state index is 0.373. The molecule has 1 rings (SSSR count). The molecule has 60 valence electrons. The lowest BCUT2D eigenvalue weighted by atomic mass is 10.2. The van der Waals surface area contributed by atoms with Gasteiger partial charge in [-0.2, -0.15) is 0 Å². The molecule has 0 amide bonds. The van der Waals surface area contributed by atoms with Crippen LogP contribution in [-0.2, 0) is 4.79 Å². The topological polar surface area (TPSA) is 40.5 Å². The Morgan fingerprint density at radius 3 is 3.00 bits per heavy atom. The molecule has 1 saturated heterocycles. The first-order chi connectivity index (χ1) is 5.25. The maximum atomic E-state index is 10.6. The Balaban J connectivity index is 2.62. The van der Waals surface area contributed by atoms with Gasteiger partial charge >= 0.3 is 5.97 Å². The van der Waals surface area contributed by atoms with E-state index in [1.165, 1.54) is 0 Å². The Hall–Kier alpha value is -1.17. The van der Waals surface area contributed by atoms with E-state index in [2.05, 4.69) is 12.0 Å². The second kappa shape index (κ2) is 3.29. The Bertz CT molecular complexity index is 214. The maximum Gasteiger partial charge on any atom is 0.327 e. The number of hydrogen-bond donors (Lipinski definition) is 1. The summed E-state index contributed by atoms with van der Waals surface area (Å²) in [5, 5.41) is 8.70. The van der Waals surface area contributed by atoms with Crippen molar-refractivity contribution in [3.63, 3.8) is 0 Å². The van der Waals surface area contributed by atoms with Crippen LogP contribution in [0.1, 0.15) is 19.8 Å². The fourth-order valence-corrected chi connectivity index (χ4v) is 1.30. The molecule has 0 bridgehead atoms. The van der Waals surface area contributed by atoms with E-state index >= 15 is 0 Å². The summed E-state index contributed by atoms with van der Waals surface area (Å²) in [5.74, 6) is 1.95. The SMILES string of the molecule is CC#CN1CCC[C@@H]1C(=O)O. The van der Waals surface area contributed by atoms with Crippen LogP contribution in [0.5, 0.6) is 0 Å². The summed E-state index contributed by atoms with van der Waals surface area (Å²) in [4.78, 5) is 12.3. The molecule has 11 heavy (non-hydrogen) atoms. The lowest BCUT2D eigenvalue weighted by Gasteiger charge is -2.14. The zero-order chi connectivity index (χ0) is 8.27. The van der Waals surface area contributed by atoms with E-state index < -0.39 is 5.97 Å². The van der Waals surface area contributed by atoms with Gasteiger partial charge in [0.05, 0.1) is 0 Å². The Morgan fingerprint density at radius 1 is 1.73 bits per heavy atom. The molecule has 0 aromatic carbocycles. The maximum absolute atomic E-state index is 10.6. The third-order valence-electron chi connectivity index (χ3n) is 1.79. The van der Waals surface area contributed by atoms with Crippen molar-refractivity contribution in [2.24, 2.45) is 0 Å². The number of aliphatic carboxylic acids is 1. The average molecular weight is 153 g/mol. The highest BCUT2D eigenvalue weighted by atomic mass is 16.4. The second-order valence-corrected chi connectivity index (χ2v) is 2.55. The number of carboxylic acids is 1. The van der Waals surface area contributed by atoms with E-state index in [0.29, 0.717) is 0 Å². The molecule has 0 saturated carbocycles. The average Bonchev–Trinajstić information content (AvgIpc) is 2.36. The van der Waals surface area contributed by atoms with Gasteiger partial charge in [0, 0.05) is 12.6 Å². The van der Waals surface area contributed by atoms with Crippen LogP contribution in [0.25, 0.3) is 0 Å². The molecule has 1 aliphatic heterocycles. The molecule has 1 aliphatic rings. The van der Waals surface area contributed by atoms with E-state index in [4.69, 9.17) is 5.11 Å². The van der Waals surface area contributed by atoms with E-state index in [1.54, 1.807) is 11.8 Å². The molecular formula is C8H11NO2. The van der Waals surface area contributed by atoms with Gasteiger partial charge in [-0.1, -0.05) is 5.92 Å². The minimum atomic E-state index is -0.759. The molecule has 1 heterocycles. The lowest BCUT2D eigenvalue weighted by Crippen LogP contribution is -2.32. The van der Waals surface area contributed by atoms with Gasteiger partial charge in [0.2, 0.25) is 0 Å². The quantitative estimate of drug-likeness (QED) is 0.558. The molecule has 0 aromatic heterocycles. The molecule has 0 unspecified atom stereocenters. The summed E-state index contributed by atoms with van der Waals surface area (Å²) < 4.78 is 0. The highest BCUT2D eigenvalue weighted by molar-refractivity contribution is 5.74. The third-order valence-corrected chi connectivity index (χ3v) is 1.79. The van der Waals surface area contributed by atoms with E-state index in [-0.39, 0.29) is 6.04 Å². The molecular weight excluding hydrogens is 142 g/mol. The summed E-state index contributed by atoms with van der Waals surface area (Å²) >= 11 is 0. The summed E-state index contributed by atoms with van der Waals surface area (Å²) in [5.41, 5.74) is 0. The van der Waals surface area contributed by atoms with Crippen LogP contribution in [-0.4, -0.2) is 28.6 Å². The summed E-state index contributed by atoms with van der Waals surface area (Å²) in [6.07, 6.45) is 1.66. The van der Waals surface area contributed by atoms with Crippen LogP contribution in [0.4, 0.5) is 0 Å². The standard InChI is InChI=1S/C8H11NO2/c1-2-5-9-6-3-4-7(9)8(10)11/h7H,3-4,6H2,1H3,(H,10,11)/t7-/m1/s1. The molecule has 0 aromatic rings. The summed E-state index contributed by atoms with van der Waals surface area (Å²) in [7, 11) is 0. The zero-order valence-electron chi connectivity index (χ0n) is 6.50. The second-order valence-electron chi connectivity index (χ2n) is 2.55. The first-order valence-electron chi connectivity index (χ1n) is 3.67. The lowest BCUT2D eigenvalue weighted by molar-refractivity contribution is -0.141. The molecule has 0 spiro atoms. The van der Waals surface area contributed by atoms with Crippen LogP contribution < -0.4 is 0 Å². The van der Waals surface area contributed by atoms with Gasteiger partial charge in [-0.05, 0) is 19.8 Å². The first kappa shape index (κ1) is 7.93. The number of carboxylic acid groups (broad SMARTS) is 1. The fourth-order valence-electron chi connectivity index (χ4n) is 1.30. The Kier molecular flexibility index (Phi) is 2.37. The third kappa shape index (κ3) is 1.64. The smallest absolute Gasteiger partial charge is 0.327 e.